The van der Waals surface area contributed by atoms with Gasteiger partial charge in [0.15, 0.2) is 5.84 Å². The van der Waals surface area contributed by atoms with Crippen molar-refractivity contribution < 1.29 is 5.21 Å². The summed E-state index contributed by atoms with van der Waals surface area (Å²) in [4.78, 5) is 6.54. The summed E-state index contributed by atoms with van der Waals surface area (Å²) in [6.45, 7) is 2.73. The van der Waals surface area contributed by atoms with Gasteiger partial charge in [0.05, 0.1) is 17.2 Å². The zero-order valence-electron chi connectivity index (χ0n) is 11.2. The van der Waals surface area contributed by atoms with Crippen LogP contribution in [0.25, 0.3) is 0 Å². The third-order valence-electron chi connectivity index (χ3n) is 2.84. The number of oxime groups is 1. The lowest BCUT2D eigenvalue weighted by atomic mass is 10.2. The number of aryl methyl sites for hydroxylation is 1. The van der Waals surface area contributed by atoms with E-state index in [9.17, 15) is 0 Å². The van der Waals surface area contributed by atoms with Gasteiger partial charge in [-0.2, -0.15) is 0 Å². The zero-order valence-corrected chi connectivity index (χ0v) is 13.6. The number of anilines is 1. The van der Waals surface area contributed by atoms with Gasteiger partial charge in [0.2, 0.25) is 0 Å². The van der Waals surface area contributed by atoms with Crippen LogP contribution in [0.2, 0.25) is 0 Å². The molecule has 0 aliphatic carbocycles. The predicted octanol–water partition coefficient (Wildman–Crippen LogP) is 2.94. The Bertz CT molecular complexity index is 641. The van der Waals surface area contributed by atoms with Crippen LogP contribution in [0, 0.1) is 6.92 Å². The Morgan fingerprint density at radius 2 is 2.30 bits per heavy atom. The first-order chi connectivity index (χ1) is 9.51. The highest BCUT2D eigenvalue weighted by Crippen LogP contribution is 2.24. The average molecular weight is 355 g/mol. The van der Waals surface area contributed by atoms with Crippen LogP contribution in [0.5, 0.6) is 0 Å². The smallest absolute Gasteiger partial charge is 0.171 e. The fourth-order valence-electron chi connectivity index (χ4n) is 1.82. The lowest BCUT2D eigenvalue weighted by molar-refractivity contribution is 0.318. The molecule has 5 nitrogen and oxygen atoms in total. The Morgan fingerprint density at radius 3 is 2.85 bits per heavy atom. The molecule has 0 unspecified atom stereocenters. The van der Waals surface area contributed by atoms with Gasteiger partial charge < -0.3 is 15.8 Å². The molecule has 0 fully saturated rings. The van der Waals surface area contributed by atoms with E-state index in [1.807, 2.05) is 32.2 Å². The summed E-state index contributed by atoms with van der Waals surface area (Å²) in [5.74, 6) is 0.0844. The lowest BCUT2D eigenvalue weighted by Crippen LogP contribution is -2.18. The maximum atomic E-state index is 8.71. The Kier molecular flexibility index (Phi) is 4.61. The number of nitrogens with zero attached hydrogens (tertiary/aromatic N) is 3. The number of nitrogens with two attached hydrogens (primary N) is 1. The lowest BCUT2D eigenvalue weighted by Gasteiger charge is -2.19. The van der Waals surface area contributed by atoms with Gasteiger partial charge in [-0.25, -0.2) is 4.98 Å². The largest absolute Gasteiger partial charge is 0.409 e. The van der Waals surface area contributed by atoms with Crippen molar-refractivity contribution in [2.75, 3.05) is 11.9 Å². The van der Waals surface area contributed by atoms with E-state index in [2.05, 4.69) is 36.3 Å². The fraction of sp³-hybridized carbons (Fsp3) is 0.231. The molecule has 0 radical (unpaired) electrons. The minimum Gasteiger partial charge on any atom is -0.409 e. The number of hydrogen-bond donors (Lipinski definition) is 2. The number of halogens is 1. The van der Waals surface area contributed by atoms with Gasteiger partial charge in [-0.3, -0.25) is 0 Å². The van der Waals surface area contributed by atoms with Crippen LogP contribution in [0.3, 0.4) is 0 Å². The zero-order chi connectivity index (χ0) is 14.7. The first kappa shape index (κ1) is 14.8. The second-order valence-electron chi connectivity index (χ2n) is 4.36. The molecule has 0 bridgehead atoms. The fourth-order valence-corrected chi connectivity index (χ4v) is 2.99. The van der Waals surface area contributed by atoms with Gasteiger partial charge in [-0.05, 0) is 41.1 Å². The molecule has 0 saturated heterocycles. The van der Waals surface area contributed by atoms with E-state index in [4.69, 9.17) is 10.9 Å². The van der Waals surface area contributed by atoms with Crippen LogP contribution < -0.4 is 10.6 Å². The van der Waals surface area contributed by atoms with Crippen molar-refractivity contribution in [3.05, 3.63) is 44.3 Å². The number of benzene rings is 1. The van der Waals surface area contributed by atoms with Gasteiger partial charge in [0.1, 0.15) is 0 Å². The minimum atomic E-state index is 0.0844. The Labute approximate surface area is 129 Å². The van der Waals surface area contributed by atoms with Crippen molar-refractivity contribution in [2.24, 2.45) is 10.9 Å². The van der Waals surface area contributed by atoms with E-state index in [0.29, 0.717) is 5.56 Å². The summed E-state index contributed by atoms with van der Waals surface area (Å²) in [5, 5.41) is 14.8. The summed E-state index contributed by atoms with van der Waals surface area (Å²) >= 11 is 5.08. The van der Waals surface area contributed by atoms with Crippen molar-refractivity contribution in [3.63, 3.8) is 0 Å². The summed E-state index contributed by atoms with van der Waals surface area (Å²) in [6.07, 6.45) is 0. The molecular formula is C13H15BrN4OS. The SMILES string of the molecule is Cc1nc(CN(C)c2ccc(/C(N)=N/O)c(Br)c2)cs1. The standard InChI is InChI=1S/C13H15BrN4OS/c1-8-16-9(7-20-8)6-18(2)10-3-4-11(12(14)5-10)13(15)17-19/h3-5,7,19H,6H2,1-2H3,(H2,15,17). The molecule has 0 saturated carbocycles. The molecule has 20 heavy (non-hydrogen) atoms. The van der Waals surface area contributed by atoms with Crippen LogP contribution in [0.15, 0.2) is 33.2 Å². The summed E-state index contributed by atoms with van der Waals surface area (Å²) in [5.41, 5.74) is 8.33. The van der Waals surface area contributed by atoms with Crippen LogP contribution in [0.4, 0.5) is 5.69 Å². The van der Waals surface area contributed by atoms with Gasteiger partial charge in [0, 0.05) is 28.2 Å². The summed E-state index contributed by atoms with van der Waals surface area (Å²) in [7, 11) is 2.00. The number of amidine groups is 1. The molecule has 0 atom stereocenters. The van der Waals surface area contributed by atoms with E-state index in [-0.39, 0.29) is 5.84 Å². The molecular weight excluding hydrogens is 340 g/mol. The number of aromatic nitrogens is 1. The molecule has 1 aromatic heterocycles. The van der Waals surface area contributed by atoms with Gasteiger partial charge in [-0.15, -0.1) is 11.3 Å². The molecule has 3 N–H and O–H groups in total. The van der Waals surface area contributed by atoms with Crippen molar-refractivity contribution in [2.45, 2.75) is 13.5 Å². The van der Waals surface area contributed by atoms with Crippen molar-refractivity contribution in [1.29, 1.82) is 0 Å². The Balaban J connectivity index is 2.18. The van der Waals surface area contributed by atoms with Gasteiger partial charge in [0.25, 0.3) is 0 Å². The number of thiazole rings is 1. The maximum absolute atomic E-state index is 8.71. The molecule has 1 heterocycles. The normalized spacial score (nSPS) is 11.7. The predicted molar refractivity (Wildman–Crippen MR) is 85.6 cm³/mol. The van der Waals surface area contributed by atoms with Crippen LogP contribution >= 0.6 is 27.3 Å². The highest BCUT2D eigenvalue weighted by atomic mass is 79.9. The maximum Gasteiger partial charge on any atom is 0.171 e. The molecule has 0 spiro atoms. The van der Waals surface area contributed by atoms with Crippen LogP contribution in [-0.4, -0.2) is 23.1 Å². The first-order valence-corrected chi connectivity index (χ1v) is 7.58. The van der Waals surface area contributed by atoms with Crippen molar-refractivity contribution in [3.8, 4) is 0 Å². The van der Waals surface area contributed by atoms with Crippen molar-refractivity contribution in [1.82, 2.24) is 4.98 Å². The summed E-state index contributed by atoms with van der Waals surface area (Å²) < 4.78 is 0.784. The third kappa shape index (κ3) is 3.29. The molecule has 0 aliphatic heterocycles. The first-order valence-electron chi connectivity index (χ1n) is 5.91. The van der Waals surface area contributed by atoms with E-state index in [0.717, 1.165) is 27.4 Å². The topological polar surface area (TPSA) is 74.7 Å². The molecule has 2 rings (SSSR count). The van der Waals surface area contributed by atoms with Crippen LogP contribution in [-0.2, 0) is 6.54 Å². The molecule has 2 aromatic rings. The third-order valence-corrected chi connectivity index (χ3v) is 4.32. The average Bonchev–Trinajstić information content (AvgIpc) is 2.83. The monoisotopic (exact) mass is 354 g/mol. The van der Waals surface area contributed by atoms with E-state index < -0.39 is 0 Å². The highest BCUT2D eigenvalue weighted by molar-refractivity contribution is 9.10. The molecule has 0 aliphatic rings. The second-order valence-corrected chi connectivity index (χ2v) is 6.28. The van der Waals surface area contributed by atoms with Crippen molar-refractivity contribution >= 4 is 38.8 Å². The molecule has 1 aromatic carbocycles. The van der Waals surface area contributed by atoms with E-state index in [1.165, 1.54) is 0 Å². The Morgan fingerprint density at radius 1 is 1.55 bits per heavy atom. The molecule has 106 valence electrons. The number of hydrogen-bond acceptors (Lipinski definition) is 5. The second kappa shape index (κ2) is 6.23. The van der Waals surface area contributed by atoms with Gasteiger partial charge in [-0.1, -0.05) is 5.16 Å². The summed E-state index contributed by atoms with van der Waals surface area (Å²) in [6, 6.07) is 5.68. The van der Waals surface area contributed by atoms with Gasteiger partial charge >= 0.3 is 0 Å². The molecule has 0 amide bonds. The van der Waals surface area contributed by atoms with E-state index >= 15 is 0 Å². The highest BCUT2D eigenvalue weighted by Gasteiger charge is 2.09. The molecule has 7 heteroatoms. The minimum absolute atomic E-state index is 0.0844. The van der Waals surface area contributed by atoms with Crippen LogP contribution in [0.1, 0.15) is 16.3 Å². The van der Waals surface area contributed by atoms with E-state index in [1.54, 1.807) is 11.3 Å². The Hall–Kier alpha value is -1.60. The quantitative estimate of drug-likeness (QED) is 0.383. The number of rotatable bonds is 4.